The number of hydrogen-bond donors (Lipinski definition) is 2. The molecule has 0 aliphatic heterocycles. The molecule has 128 valence electrons. The maximum absolute atomic E-state index is 12.2. The van der Waals surface area contributed by atoms with Gasteiger partial charge in [-0.1, -0.05) is 35.9 Å². The van der Waals surface area contributed by atoms with Gasteiger partial charge >= 0.3 is 6.03 Å². The van der Waals surface area contributed by atoms with E-state index >= 15 is 0 Å². The Hall–Kier alpha value is -2.24. The number of amides is 2. The average molecular weight is 349 g/mol. The molecule has 2 amide bonds. The van der Waals surface area contributed by atoms with Gasteiger partial charge in [0, 0.05) is 12.1 Å². The van der Waals surface area contributed by atoms with Crippen LogP contribution in [-0.4, -0.2) is 35.7 Å². The summed E-state index contributed by atoms with van der Waals surface area (Å²) in [6.45, 7) is 2.01. The van der Waals surface area contributed by atoms with Crippen molar-refractivity contribution in [2.24, 2.45) is 0 Å². The maximum Gasteiger partial charge on any atom is 0.322 e. The molecule has 0 heterocycles. The molecule has 2 rings (SSSR count). The van der Waals surface area contributed by atoms with Crippen LogP contribution in [0.5, 0.6) is 5.75 Å². The summed E-state index contributed by atoms with van der Waals surface area (Å²) < 4.78 is 5.80. The van der Waals surface area contributed by atoms with E-state index in [1.54, 1.807) is 32.2 Å². The number of hydrogen-bond acceptors (Lipinski definition) is 3. The molecule has 0 spiro atoms. The van der Waals surface area contributed by atoms with Crippen LogP contribution >= 0.6 is 11.6 Å². The van der Waals surface area contributed by atoms with E-state index < -0.39 is 0 Å². The molecule has 0 aliphatic carbocycles. The van der Waals surface area contributed by atoms with Crippen molar-refractivity contribution in [2.45, 2.75) is 19.6 Å². The van der Waals surface area contributed by atoms with Gasteiger partial charge < -0.3 is 20.1 Å². The SMILES string of the molecule is CC(CO)N(C)C(=O)Nc1ccccc1OCc1cccc(Cl)c1. The standard InChI is InChI=1S/C18H21ClN2O3/c1-13(11-22)21(2)18(23)20-16-8-3-4-9-17(16)24-12-14-6-5-7-15(19)10-14/h3-10,13,22H,11-12H2,1-2H3,(H,20,23). The number of carbonyl (C=O) groups is 1. The lowest BCUT2D eigenvalue weighted by Gasteiger charge is -2.24. The Bertz CT molecular complexity index is 693. The quantitative estimate of drug-likeness (QED) is 0.835. The molecule has 5 nitrogen and oxygen atoms in total. The second kappa shape index (κ2) is 8.57. The van der Waals surface area contributed by atoms with E-state index in [0.717, 1.165) is 5.56 Å². The Morgan fingerprint density at radius 2 is 2.04 bits per heavy atom. The van der Waals surface area contributed by atoms with E-state index in [9.17, 15) is 4.79 Å². The molecule has 0 bridgehead atoms. The van der Waals surface area contributed by atoms with Crippen molar-refractivity contribution in [1.29, 1.82) is 0 Å². The summed E-state index contributed by atoms with van der Waals surface area (Å²) in [4.78, 5) is 13.7. The molecule has 24 heavy (non-hydrogen) atoms. The van der Waals surface area contributed by atoms with Gasteiger partial charge in [-0.25, -0.2) is 4.79 Å². The van der Waals surface area contributed by atoms with Crippen LogP contribution in [0, 0.1) is 0 Å². The molecule has 0 radical (unpaired) electrons. The first-order valence-electron chi connectivity index (χ1n) is 7.62. The fourth-order valence-electron chi connectivity index (χ4n) is 2.01. The number of aliphatic hydroxyl groups is 1. The Morgan fingerprint density at radius 3 is 2.75 bits per heavy atom. The summed E-state index contributed by atoms with van der Waals surface area (Å²) in [5.41, 5.74) is 1.51. The molecule has 1 unspecified atom stereocenters. The van der Waals surface area contributed by atoms with Crippen molar-refractivity contribution in [3.63, 3.8) is 0 Å². The molecule has 1 atom stereocenters. The zero-order valence-electron chi connectivity index (χ0n) is 13.7. The number of urea groups is 1. The lowest BCUT2D eigenvalue weighted by atomic mass is 10.2. The van der Waals surface area contributed by atoms with Crippen molar-refractivity contribution >= 4 is 23.3 Å². The summed E-state index contributed by atoms with van der Waals surface area (Å²) in [6.07, 6.45) is 0. The molecule has 0 aliphatic rings. The van der Waals surface area contributed by atoms with E-state index in [1.165, 1.54) is 4.90 Å². The van der Waals surface area contributed by atoms with Crippen LogP contribution in [-0.2, 0) is 6.61 Å². The average Bonchev–Trinajstić information content (AvgIpc) is 2.59. The molecule has 2 aromatic rings. The van der Waals surface area contributed by atoms with Crippen molar-refractivity contribution in [1.82, 2.24) is 4.90 Å². The molecular formula is C18H21ClN2O3. The normalized spacial score (nSPS) is 11.7. The molecule has 2 aromatic carbocycles. The first kappa shape index (κ1) is 18.1. The van der Waals surface area contributed by atoms with Crippen molar-refractivity contribution in [3.05, 3.63) is 59.1 Å². The Labute approximate surface area is 146 Å². The minimum atomic E-state index is -0.310. The summed E-state index contributed by atoms with van der Waals surface area (Å²) in [5, 5.41) is 12.6. The number of carbonyl (C=O) groups excluding carboxylic acids is 1. The van der Waals surface area contributed by atoms with Gasteiger partial charge in [-0.2, -0.15) is 0 Å². The minimum absolute atomic E-state index is 0.100. The molecule has 0 fully saturated rings. The number of rotatable bonds is 6. The molecule has 0 saturated carbocycles. The van der Waals surface area contributed by atoms with Crippen molar-refractivity contribution < 1.29 is 14.6 Å². The van der Waals surface area contributed by atoms with Gasteiger partial charge in [0.15, 0.2) is 0 Å². The predicted molar refractivity (Wildman–Crippen MR) is 95.6 cm³/mol. The highest BCUT2D eigenvalue weighted by atomic mass is 35.5. The van der Waals surface area contributed by atoms with Crippen LogP contribution in [0.15, 0.2) is 48.5 Å². The van der Waals surface area contributed by atoms with Gasteiger partial charge in [-0.05, 0) is 36.8 Å². The first-order valence-corrected chi connectivity index (χ1v) is 8.00. The maximum atomic E-state index is 12.2. The van der Waals surface area contributed by atoms with E-state index in [2.05, 4.69) is 5.32 Å². The van der Waals surface area contributed by atoms with Crippen molar-refractivity contribution in [2.75, 3.05) is 19.0 Å². The summed E-state index contributed by atoms with van der Waals surface area (Å²) >= 11 is 5.97. The fraction of sp³-hybridized carbons (Fsp3) is 0.278. The number of para-hydroxylation sites is 2. The smallest absolute Gasteiger partial charge is 0.322 e. The second-order valence-electron chi connectivity index (χ2n) is 5.49. The summed E-state index contributed by atoms with van der Waals surface area (Å²) in [6, 6.07) is 14.0. The Kier molecular flexibility index (Phi) is 6.46. The topological polar surface area (TPSA) is 61.8 Å². The number of nitrogens with zero attached hydrogens (tertiary/aromatic N) is 1. The number of aliphatic hydroxyl groups excluding tert-OH is 1. The summed E-state index contributed by atoms with van der Waals surface area (Å²) in [7, 11) is 1.63. The fourth-order valence-corrected chi connectivity index (χ4v) is 2.22. The highest BCUT2D eigenvalue weighted by molar-refractivity contribution is 6.30. The monoisotopic (exact) mass is 348 g/mol. The zero-order valence-corrected chi connectivity index (χ0v) is 14.5. The lowest BCUT2D eigenvalue weighted by molar-refractivity contribution is 0.166. The van der Waals surface area contributed by atoms with E-state index in [1.807, 2.05) is 30.3 Å². The third kappa shape index (κ3) is 4.88. The number of anilines is 1. The van der Waals surface area contributed by atoms with Crippen LogP contribution < -0.4 is 10.1 Å². The number of nitrogens with one attached hydrogen (secondary N) is 1. The third-order valence-corrected chi connectivity index (χ3v) is 3.89. The second-order valence-corrected chi connectivity index (χ2v) is 5.92. The minimum Gasteiger partial charge on any atom is -0.487 e. The van der Waals surface area contributed by atoms with Crippen molar-refractivity contribution in [3.8, 4) is 5.75 Å². The van der Waals surface area contributed by atoms with E-state index in [4.69, 9.17) is 21.4 Å². The van der Waals surface area contributed by atoms with Crippen LogP contribution in [0.4, 0.5) is 10.5 Å². The van der Waals surface area contributed by atoms with Gasteiger partial charge in [0.05, 0.1) is 18.3 Å². The highest BCUT2D eigenvalue weighted by Gasteiger charge is 2.16. The first-order chi connectivity index (χ1) is 11.5. The predicted octanol–water partition coefficient (Wildman–Crippen LogP) is 3.76. The van der Waals surface area contributed by atoms with Crippen LogP contribution in [0.2, 0.25) is 5.02 Å². The van der Waals surface area contributed by atoms with Crippen LogP contribution in [0.25, 0.3) is 0 Å². The largest absolute Gasteiger partial charge is 0.487 e. The summed E-state index contributed by atoms with van der Waals surface area (Å²) in [5.74, 6) is 0.566. The number of likely N-dealkylation sites (N-methyl/N-ethyl adjacent to an activating group) is 1. The number of ether oxygens (including phenoxy) is 1. The van der Waals surface area contributed by atoms with Gasteiger partial charge in [0.25, 0.3) is 0 Å². The molecule has 2 N–H and O–H groups in total. The number of halogens is 1. The van der Waals surface area contributed by atoms with E-state index in [0.29, 0.717) is 23.1 Å². The van der Waals surface area contributed by atoms with Gasteiger partial charge in [-0.15, -0.1) is 0 Å². The Balaban J connectivity index is 2.06. The lowest BCUT2D eigenvalue weighted by Crippen LogP contribution is -2.40. The Morgan fingerprint density at radius 1 is 1.29 bits per heavy atom. The molecule has 0 aromatic heterocycles. The molecule has 0 saturated heterocycles. The molecular weight excluding hydrogens is 328 g/mol. The number of benzene rings is 2. The van der Waals surface area contributed by atoms with E-state index in [-0.39, 0.29) is 18.7 Å². The third-order valence-electron chi connectivity index (χ3n) is 3.66. The highest BCUT2D eigenvalue weighted by Crippen LogP contribution is 2.25. The molecule has 6 heteroatoms. The van der Waals surface area contributed by atoms with Crippen LogP contribution in [0.1, 0.15) is 12.5 Å². The zero-order chi connectivity index (χ0) is 17.5. The van der Waals surface area contributed by atoms with Gasteiger partial charge in [0.1, 0.15) is 12.4 Å². The van der Waals surface area contributed by atoms with Gasteiger partial charge in [-0.3, -0.25) is 0 Å². The van der Waals surface area contributed by atoms with Crippen LogP contribution in [0.3, 0.4) is 0 Å². The van der Waals surface area contributed by atoms with Gasteiger partial charge in [0.2, 0.25) is 0 Å².